The molecule has 0 saturated carbocycles. The minimum absolute atomic E-state index is 0.00692. The second-order valence-corrected chi connectivity index (χ2v) is 5.66. The van der Waals surface area contributed by atoms with E-state index in [0.29, 0.717) is 6.42 Å². The van der Waals surface area contributed by atoms with Gasteiger partial charge in [-0.3, -0.25) is 9.59 Å². The summed E-state index contributed by atoms with van der Waals surface area (Å²) in [5.41, 5.74) is -1.56. The molecule has 0 saturated heterocycles. The van der Waals surface area contributed by atoms with Crippen LogP contribution in [0.5, 0.6) is 0 Å². The summed E-state index contributed by atoms with van der Waals surface area (Å²) in [6, 6.07) is 0. The SMILES string of the molecule is CCC(C)C(=O)OC(C)(CC)CC(=O)OC(C(F)(F)F)C(F)(F)F. The van der Waals surface area contributed by atoms with Crippen molar-refractivity contribution in [1.29, 1.82) is 0 Å². The van der Waals surface area contributed by atoms with Crippen molar-refractivity contribution in [3.8, 4) is 0 Å². The molecule has 0 rings (SSSR count). The van der Waals surface area contributed by atoms with Gasteiger partial charge in [0, 0.05) is 0 Å². The normalized spacial score (nSPS) is 16.5. The molecule has 4 nitrogen and oxygen atoms in total. The Morgan fingerprint density at radius 1 is 1.00 bits per heavy atom. The van der Waals surface area contributed by atoms with Crippen LogP contribution in [0.3, 0.4) is 0 Å². The minimum atomic E-state index is -5.79. The van der Waals surface area contributed by atoms with Crippen LogP contribution in [-0.2, 0) is 19.1 Å². The summed E-state index contributed by atoms with van der Waals surface area (Å²) in [5, 5.41) is 0. The molecule has 0 N–H and O–H groups in total. The summed E-state index contributed by atoms with van der Waals surface area (Å²) in [4.78, 5) is 23.3. The van der Waals surface area contributed by atoms with Crippen molar-refractivity contribution in [3.05, 3.63) is 0 Å². The topological polar surface area (TPSA) is 52.6 Å². The highest BCUT2D eigenvalue weighted by atomic mass is 19.4. The highest BCUT2D eigenvalue weighted by Crippen LogP contribution is 2.36. The van der Waals surface area contributed by atoms with Crippen LogP contribution < -0.4 is 0 Å². The third kappa shape index (κ3) is 6.96. The third-order valence-electron chi connectivity index (χ3n) is 3.47. The van der Waals surface area contributed by atoms with Crippen LogP contribution in [0.1, 0.15) is 47.0 Å². The molecule has 0 fully saturated rings. The molecule has 0 radical (unpaired) electrons. The maximum absolute atomic E-state index is 12.4. The van der Waals surface area contributed by atoms with E-state index in [1.54, 1.807) is 13.8 Å². The monoisotopic (exact) mass is 366 g/mol. The zero-order valence-corrected chi connectivity index (χ0v) is 13.7. The van der Waals surface area contributed by atoms with Crippen molar-refractivity contribution in [1.82, 2.24) is 0 Å². The quantitative estimate of drug-likeness (QED) is 0.501. The maximum atomic E-state index is 12.4. The van der Waals surface area contributed by atoms with E-state index in [9.17, 15) is 35.9 Å². The second kappa shape index (κ2) is 8.06. The molecule has 10 heteroatoms. The number of carbonyl (C=O) groups excluding carboxylic acids is 2. The number of carbonyl (C=O) groups is 2. The average molecular weight is 366 g/mol. The van der Waals surface area contributed by atoms with E-state index in [2.05, 4.69) is 4.74 Å². The molecule has 0 aromatic carbocycles. The molecule has 0 amide bonds. The first-order valence-electron chi connectivity index (χ1n) is 7.22. The van der Waals surface area contributed by atoms with E-state index >= 15 is 0 Å². The Morgan fingerprint density at radius 3 is 1.79 bits per heavy atom. The van der Waals surface area contributed by atoms with Crippen LogP contribution in [0.2, 0.25) is 0 Å². The van der Waals surface area contributed by atoms with Crippen molar-refractivity contribution in [2.75, 3.05) is 0 Å². The Morgan fingerprint density at radius 2 is 1.46 bits per heavy atom. The number of halogens is 6. The lowest BCUT2D eigenvalue weighted by Gasteiger charge is -2.30. The van der Waals surface area contributed by atoms with Gasteiger partial charge < -0.3 is 9.47 Å². The highest BCUT2D eigenvalue weighted by Gasteiger charge is 2.60. The Hall–Kier alpha value is -1.48. The molecule has 0 aromatic rings. The number of hydrogen-bond acceptors (Lipinski definition) is 4. The van der Waals surface area contributed by atoms with Crippen LogP contribution in [0.15, 0.2) is 0 Å². The van der Waals surface area contributed by atoms with E-state index in [-0.39, 0.29) is 6.42 Å². The number of rotatable bonds is 7. The van der Waals surface area contributed by atoms with Gasteiger partial charge in [-0.2, -0.15) is 26.3 Å². The molecular formula is C14H20F6O4. The molecule has 0 aromatic heterocycles. The largest absolute Gasteiger partial charge is 0.459 e. The van der Waals surface area contributed by atoms with Gasteiger partial charge in [0.05, 0.1) is 12.3 Å². The van der Waals surface area contributed by atoms with Gasteiger partial charge in [-0.1, -0.05) is 20.8 Å². The molecule has 0 heterocycles. The number of ether oxygens (including phenoxy) is 2. The van der Waals surface area contributed by atoms with Crippen LogP contribution >= 0.6 is 0 Å². The molecule has 0 aliphatic carbocycles. The summed E-state index contributed by atoms with van der Waals surface area (Å²) in [7, 11) is 0. The number of esters is 2. The summed E-state index contributed by atoms with van der Waals surface area (Å²) in [5.74, 6) is -2.97. The maximum Gasteiger partial charge on any atom is 0.434 e. The fraction of sp³-hybridized carbons (Fsp3) is 0.857. The lowest BCUT2D eigenvalue weighted by Crippen LogP contribution is -2.46. The predicted molar refractivity (Wildman–Crippen MR) is 70.9 cm³/mol. The summed E-state index contributed by atoms with van der Waals surface area (Å²) >= 11 is 0. The van der Waals surface area contributed by atoms with E-state index < -0.39 is 48.3 Å². The Balaban J connectivity index is 5.07. The van der Waals surface area contributed by atoms with Gasteiger partial charge >= 0.3 is 24.3 Å². The summed E-state index contributed by atoms with van der Waals surface area (Å²) < 4.78 is 82.8. The molecule has 0 aliphatic heterocycles. The van der Waals surface area contributed by atoms with E-state index in [4.69, 9.17) is 4.74 Å². The Labute approximate surface area is 135 Å². The number of hydrogen-bond donors (Lipinski definition) is 0. The Bertz CT molecular complexity index is 432. The fourth-order valence-corrected chi connectivity index (χ4v) is 1.54. The molecule has 2 unspecified atom stereocenters. The van der Waals surface area contributed by atoms with Gasteiger partial charge in [-0.05, 0) is 19.8 Å². The highest BCUT2D eigenvalue weighted by molar-refractivity contribution is 5.74. The van der Waals surface area contributed by atoms with Gasteiger partial charge in [0.25, 0.3) is 6.10 Å². The van der Waals surface area contributed by atoms with Crippen molar-refractivity contribution in [3.63, 3.8) is 0 Å². The first-order chi connectivity index (χ1) is 10.7. The van der Waals surface area contributed by atoms with Crippen LogP contribution in [0, 0.1) is 5.92 Å². The average Bonchev–Trinajstić information content (AvgIpc) is 2.41. The van der Waals surface area contributed by atoms with Crippen LogP contribution in [-0.4, -0.2) is 36.0 Å². The second-order valence-electron chi connectivity index (χ2n) is 5.66. The van der Waals surface area contributed by atoms with E-state index in [0.717, 1.165) is 0 Å². The van der Waals surface area contributed by atoms with Gasteiger partial charge in [0.15, 0.2) is 0 Å². The molecule has 0 bridgehead atoms. The summed E-state index contributed by atoms with van der Waals surface area (Å²) in [6.45, 7) is 5.95. The molecule has 142 valence electrons. The van der Waals surface area contributed by atoms with Crippen molar-refractivity contribution < 1.29 is 45.4 Å². The summed E-state index contributed by atoms with van der Waals surface area (Å²) in [6.07, 6.45) is -16.3. The van der Waals surface area contributed by atoms with Gasteiger partial charge in [0.2, 0.25) is 0 Å². The number of alkyl halides is 6. The lowest BCUT2D eigenvalue weighted by atomic mass is 9.98. The minimum Gasteiger partial charge on any atom is -0.459 e. The standard InChI is InChI=1S/C14H20F6O4/c1-5-8(3)10(22)24-12(4,6-2)7-9(21)23-11(13(15,16)17)14(18,19)20/h8,11H,5-7H2,1-4H3. The van der Waals surface area contributed by atoms with Crippen molar-refractivity contribution in [2.45, 2.75) is 71.0 Å². The predicted octanol–water partition coefficient (Wildman–Crippen LogP) is 4.17. The zero-order valence-electron chi connectivity index (χ0n) is 13.7. The third-order valence-corrected chi connectivity index (χ3v) is 3.47. The van der Waals surface area contributed by atoms with Crippen LogP contribution in [0.25, 0.3) is 0 Å². The molecular weight excluding hydrogens is 346 g/mol. The van der Waals surface area contributed by atoms with Crippen molar-refractivity contribution in [2.24, 2.45) is 5.92 Å². The molecule has 0 aliphatic rings. The van der Waals surface area contributed by atoms with Gasteiger partial charge in [0.1, 0.15) is 5.60 Å². The molecule has 0 spiro atoms. The molecule has 2 atom stereocenters. The Kier molecular flexibility index (Phi) is 7.57. The molecule has 24 heavy (non-hydrogen) atoms. The first kappa shape index (κ1) is 22.5. The first-order valence-corrected chi connectivity index (χ1v) is 7.22. The van der Waals surface area contributed by atoms with E-state index in [1.165, 1.54) is 13.8 Å². The van der Waals surface area contributed by atoms with Crippen molar-refractivity contribution >= 4 is 11.9 Å². The zero-order chi connectivity index (χ0) is 19.3. The lowest BCUT2D eigenvalue weighted by molar-refractivity contribution is -0.314. The van der Waals surface area contributed by atoms with E-state index in [1.807, 2.05) is 0 Å². The van der Waals surface area contributed by atoms with Crippen LogP contribution in [0.4, 0.5) is 26.3 Å². The smallest absolute Gasteiger partial charge is 0.434 e. The fourth-order valence-electron chi connectivity index (χ4n) is 1.54. The van der Waals surface area contributed by atoms with Gasteiger partial charge in [-0.25, -0.2) is 0 Å². The van der Waals surface area contributed by atoms with Gasteiger partial charge in [-0.15, -0.1) is 0 Å².